The Morgan fingerprint density at radius 3 is 2.56 bits per heavy atom. The number of carboxylic acid groups (broad SMARTS) is 1. The highest BCUT2D eigenvalue weighted by atomic mass is 35.5. The number of hydrogen-bond donors (Lipinski definition) is 2. The van der Waals surface area contributed by atoms with Gasteiger partial charge in [-0.05, 0) is 36.3 Å². The van der Waals surface area contributed by atoms with E-state index in [4.69, 9.17) is 10.8 Å². The summed E-state index contributed by atoms with van der Waals surface area (Å²) in [6.07, 6.45) is 5.44. The summed E-state index contributed by atoms with van der Waals surface area (Å²) in [6.45, 7) is 0. The Hall–Kier alpha value is -1.06. The normalized spacial score (nSPS) is 17.2. The number of carbonyl (C=O) groups is 1. The van der Waals surface area contributed by atoms with Crippen LogP contribution in [0.1, 0.15) is 42.7 Å². The maximum atomic E-state index is 10.8. The lowest BCUT2D eigenvalue weighted by molar-refractivity contribution is -0.138. The van der Waals surface area contributed by atoms with Gasteiger partial charge in [0, 0.05) is 0 Å². The standard InChI is InChI=1S/C14H19NO2.ClH/c15-13(14(16)17)9-11-7-3-4-8-12(11)10-5-1-2-6-10;/h3-4,7-8,10,13H,1-2,5-6,9,15H2,(H,16,17);1H/t13-;/m0./s1. The van der Waals surface area contributed by atoms with Gasteiger partial charge in [-0.3, -0.25) is 4.79 Å². The molecule has 0 amide bonds. The smallest absolute Gasteiger partial charge is 0.320 e. The summed E-state index contributed by atoms with van der Waals surface area (Å²) in [6, 6.07) is 7.33. The van der Waals surface area contributed by atoms with E-state index < -0.39 is 12.0 Å². The van der Waals surface area contributed by atoms with Crippen LogP contribution in [-0.4, -0.2) is 17.1 Å². The van der Waals surface area contributed by atoms with Gasteiger partial charge in [-0.1, -0.05) is 37.1 Å². The van der Waals surface area contributed by atoms with Crippen LogP contribution in [0.5, 0.6) is 0 Å². The van der Waals surface area contributed by atoms with Crippen molar-refractivity contribution in [1.29, 1.82) is 0 Å². The van der Waals surface area contributed by atoms with Gasteiger partial charge >= 0.3 is 5.97 Å². The molecule has 4 heteroatoms. The number of carboxylic acids is 1. The monoisotopic (exact) mass is 269 g/mol. The highest BCUT2D eigenvalue weighted by Crippen LogP contribution is 2.35. The third-order valence-electron chi connectivity index (χ3n) is 3.61. The Balaban J connectivity index is 0.00000162. The van der Waals surface area contributed by atoms with Gasteiger partial charge in [0.2, 0.25) is 0 Å². The molecule has 1 aliphatic carbocycles. The van der Waals surface area contributed by atoms with Gasteiger partial charge in [-0.25, -0.2) is 0 Å². The van der Waals surface area contributed by atoms with Crippen LogP contribution in [0.2, 0.25) is 0 Å². The summed E-state index contributed by atoms with van der Waals surface area (Å²) in [5.41, 5.74) is 8.03. The van der Waals surface area contributed by atoms with Crippen molar-refractivity contribution in [2.24, 2.45) is 5.73 Å². The molecular formula is C14H20ClNO2. The quantitative estimate of drug-likeness (QED) is 0.883. The van der Waals surface area contributed by atoms with Crippen molar-refractivity contribution < 1.29 is 9.90 Å². The summed E-state index contributed by atoms with van der Waals surface area (Å²) in [4.78, 5) is 10.8. The predicted molar refractivity (Wildman–Crippen MR) is 74.2 cm³/mol. The summed E-state index contributed by atoms with van der Waals surface area (Å²) >= 11 is 0. The van der Waals surface area contributed by atoms with Gasteiger partial charge in [-0.15, -0.1) is 12.4 Å². The SMILES string of the molecule is Cl.N[C@@H](Cc1ccccc1C1CCCC1)C(=O)O. The van der Waals surface area contributed by atoms with E-state index in [2.05, 4.69) is 6.07 Å². The molecule has 1 saturated carbocycles. The molecule has 0 bridgehead atoms. The number of halogens is 1. The summed E-state index contributed by atoms with van der Waals surface area (Å²) in [7, 11) is 0. The average Bonchev–Trinajstić information content (AvgIpc) is 2.83. The fraction of sp³-hybridized carbons (Fsp3) is 0.500. The second-order valence-corrected chi connectivity index (χ2v) is 4.83. The van der Waals surface area contributed by atoms with E-state index in [0.29, 0.717) is 12.3 Å². The van der Waals surface area contributed by atoms with E-state index in [0.717, 1.165) is 5.56 Å². The van der Waals surface area contributed by atoms with Crippen LogP contribution in [0.25, 0.3) is 0 Å². The molecule has 0 unspecified atom stereocenters. The molecule has 1 atom stereocenters. The molecular weight excluding hydrogens is 250 g/mol. The zero-order chi connectivity index (χ0) is 12.3. The first kappa shape index (κ1) is 15.0. The zero-order valence-electron chi connectivity index (χ0n) is 10.3. The van der Waals surface area contributed by atoms with Crippen LogP contribution in [0.3, 0.4) is 0 Å². The Morgan fingerprint density at radius 1 is 1.33 bits per heavy atom. The Bertz CT molecular complexity index is 403. The van der Waals surface area contributed by atoms with Crippen molar-refractivity contribution in [3.8, 4) is 0 Å². The number of benzene rings is 1. The fourth-order valence-electron chi connectivity index (χ4n) is 2.68. The van der Waals surface area contributed by atoms with Crippen molar-refractivity contribution in [3.05, 3.63) is 35.4 Å². The minimum absolute atomic E-state index is 0. The van der Waals surface area contributed by atoms with Gasteiger partial charge in [0.1, 0.15) is 6.04 Å². The first-order valence-corrected chi connectivity index (χ1v) is 6.24. The van der Waals surface area contributed by atoms with Crippen LogP contribution in [0, 0.1) is 0 Å². The Morgan fingerprint density at radius 2 is 1.94 bits per heavy atom. The van der Waals surface area contributed by atoms with Crippen molar-refractivity contribution in [2.45, 2.75) is 44.1 Å². The molecule has 0 radical (unpaired) electrons. The molecule has 1 aromatic rings. The molecule has 2 rings (SSSR count). The number of rotatable bonds is 4. The molecule has 1 aromatic carbocycles. The highest BCUT2D eigenvalue weighted by molar-refractivity contribution is 5.85. The zero-order valence-corrected chi connectivity index (χ0v) is 11.2. The molecule has 0 heterocycles. The fourth-order valence-corrected chi connectivity index (χ4v) is 2.68. The number of nitrogens with two attached hydrogens (primary N) is 1. The van der Waals surface area contributed by atoms with Crippen LogP contribution < -0.4 is 5.73 Å². The third kappa shape index (κ3) is 3.47. The van der Waals surface area contributed by atoms with E-state index in [1.165, 1.54) is 31.2 Å². The Kier molecular flexibility index (Phi) is 5.63. The van der Waals surface area contributed by atoms with Crippen LogP contribution in [-0.2, 0) is 11.2 Å². The lowest BCUT2D eigenvalue weighted by atomic mass is 9.90. The lowest BCUT2D eigenvalue weighted by Gasteiger charge is -2.16. The summed E-state index contributed by atoms with van der Waals surface area (Å²) in [5.74, 6) is -0.321. The maximum Gasteiger partial charge on any atom is 0.320 e. The largest absolute Gasteiger partial charge is 0.480 e. The van der Waals surface area contributed by atoms with Crippen molar-refractivity contribution in [1.82, 2.24) is 0 Å². The summed E-state index contributed by atoms with van der Waals surface area (Å²) < 4.78 is 0. The molecule has 3 N–H and O–H groups in total. The van der Waals surface area contributed by atoms with Crippen LogP contribution in [0.15, 0.2) is 24.3 Å². The minimum Gasteiger partial charge on any atom is -0.480 e. The van der Waals surface area contributed by atoms with Crippen molar-refractivity contribution in [3.63, 3.8) is 0 Å². The maximum absolute atomic E-state index is 10.8. The molecule has 0 saturated heterocycles. The lowest BCUT2D eigenvalue weighted by Crippen LogP contribution is -2.32. The average molecular weight is 270 g/mol. The van der Waals surface area contributed by atoms with Crippen molar-refractivity contribution >= 4 is 18.4 Å². The molecule has 0 spiro atoms. The molecule has 0 aromatic heterocycles. The topological polar surface area (TPSA) is 63.3 Å². The second-order valence-electron chi connectivity index (χ2n) is 4.83. The van der Waals surface area contributed by atoms with Crippen LogP contribution >= 0.6 is 12.4 Å². The van der Waals surface area contributed by atoms with Gasteiger partial charge < -0.3 is 10.8 Å². The van der Waals surface area contributed by atoms with E-state index in [9.17, 15) is 4.79 Å². The first-order chi connectivity index (χ1) is 8.18. The number of hydrogen-bond acceptors (Lipinski definition) is 2. The minimum atomic E-state index is -0.925. The molecule has 3 nitrogen and oxygen atoms in total. The molecule has 0 aliphatic heterocycles. The molecule has 100 valence electrons. The van der Waals surface area contributed by atoms with Crippen LogP contribution in [0.4, 0.5) is 0 Å². The van der Waals surface area contributed by atoms with Gasteiger partial charge in [0.25, 0.3) is 0 Å². The number of aliphatic carboxylic acids is 1. The van der Waals surface area contributed by atoms with Gasteiger partial charge in [0.15, 0.2) is 0 Å². The molecule has 18 heavy (non-hydrogen) atoms. The Labute approximate surface area is 114 Å². The second kappa shape index (κ2) is 6.76. The van der Waals surface area contributed by atoms with Crippen molar-refractivity contribution in [2.75, 3.05) is 0 Å². The van der Waals surface area contributed by atoms with Gasteiger partial charge in [0.05, 0.1) is 0 Å². The van der Waals surface area contributed by atoms with E-state index in [1.807, 2.05) is 18.2 Å². The summed E-state index contributed by atoms with van der Waals surface area (Å²) in [5, 5.41) is 8.87. The predicted octanol–water partition coefficient (Wildman–Crippen LogP) is 2.72. The first-order valence-electron chi connectivity index (χ1n) is 6.24. The molecule has 1 aliphatic rings. The van der Waals surface area contributed by atoms with E-state index in [-0.39, 0.29) is 12.4 Å². The molecule has 1 fully saturated rings. The van der Waals surface area contributed by atoms with E-state index >= 15 is 0 Å². The van der Waals surface area contributed by atoms with Gasteiger partial charge in [-0.2, -0.15) is 0 Å². The third-order valence-corrected chi connectivity index (χ3v) is 3.61. The van der Waals surface area contributed by atoms with E-state index in [1.54, 1.807) is 0 Å². The highest BCUT2D eigenvalue weighted by Gasteiger charge is 2.21.